The second-order valence-electron chi connectivity index (χ2n) is 2.56. The van der Waals surface area contributed by atoms with E-state index in [2.05, 4.69) is 20.9 Å². The maximum atomic E-state index is 13.0. The van der Waals surface area contributed by atoms with Gasteiger partial charge in [-0.3, -0.25) is 0 Å². The molecule has 0 amide bonds. The standard InChI is InChI=1S/C8H5BrClF3N2/c9-6-4(15-5(14)2-10)1-3(11)7(12)8(6)13/h1H,2H2,(H2,14,15). The maximum Gasteiger partial charge on any atom is 0.195 e. The fraction of sp³-hybridized carbons (Fsp3) is 0.125. The van der Waals surface area contributed by atoms with Crippen molar-refractivity contribution >= 4 is 39.1 Å². The van der Waals surface area contributed by atoms with E-state index in [9.17, 15) is 13.2 Å². The van der Waals surface area contributed by atoms with E-state index in [0.717, 1.165) is 6.07 Å². The van der Waals surface area contributed by atoms with Gasteiger partial charge in [-0.05, 0) is 15.9 Å². The van der Waals surface area contributed by atoms with E-state index in [0.29, 0.717) is 0 Å². The maximum absolute atomic E-state index is 13.0. The number of nitrogens with zero attached hydrogens (tertiary/aromatic N) is 1. The smallest absolute Gasteiger partial charge is 0.195 e. The quantitative estimate of drug-likeness (QED) is 0.294. The molecule has 1 rings (SSSR count). The second kappa shape index (κ2) is 4.85. The summed E-state index contributed by atoms with van der Waals surface area (Å²) in [6.45, 7) is 0. The molecule has 0 spiro atoms. The number of rotatable bonds is 2. The zero-order valence-corrected chi connectivity index (χ0v) is 9.54. The molecule has 7 heteroatoms. The van der Waals surface area contributed by atoms with Crippen molar-refractivity contribution in [2.45, 2.75) is 0 Å². The Morgan fingerprint density at radius 3 is 2.53 bits per heavy atom. The highest BCUT2D eigenvalue weighted by atomic mass is 79.9. The van der Waals surface area contributed by atoms with Crippen molar-refractivity contribution in [1.29, 1.82) is 0 Å². The molecular formula is C8H5BrClF3N2. The fourth-order valence-corrected chi connectivity index (χ4v) is 1.26. The molecule has 0 aromatic heterocycles. The van der Waals surface area contributed by atoms with Crippen LogP contribution in [0.1, 0.15) is 0 Å². The van der Waals surface area contributed by atoms with Gasteiger partial charge in [0.2, 0.25) is 0 Å². The zero-order valence-electron chi connectivity index (χ0n) is 7.20. The summed E-state index contributed by atoms with van der Waals surface area (Å²) in [4.78, 5) is 3.61. The molecule has 0 fully saturated rings. The highest BCUT2D eigenvalue weighted by Gasteiger charge is 2.16. The van der Waals surface area contributed by atoms with Gasteiger partial charge in [0.15, 0.2) is 17.5 Å². The Morgan fingerprint density at radius 2 is 2.00 bits per heavy atom. The van der Waals surface area contributed by atoms with Crippen LogP contribution in [0, 0.1) is 17.5 Å². The van der Waals surface area contributed by atoms with Gasteiger partial charge in [0.05, 0.1) is 16.0 Å². The summed E-state index contributed by atoms with van der Waals surface area (Å²) in [6.07, 6.45) is 0. The Balaban J connectivity index is 3.33. The molecule has 0 radical (unpaired) electrons. The minimum absolute atomic E-state index is 0.0252. The van der Waals surface area contributed by atoms with Crippen LogP contribution >= 0.6 is 27.5 Å². The van der Waals surface area contributed by atoms with Crippen molar-refractivity contribution in [3.8, 4) is 0 Å². The van der Waals surface area contributed by atoms with Gasteiger partial charge in [0.25, 0.3) is 0 Å². The number of alkyl halides is 1. The lowest BCUT2D eigenvalue weighted by Crippen LogP contribution is -2.12. The summed E-state index contributed by atoms with van der Waals surface area (Å²) in [5.74, 6) is -4.37. The molecule has 1 aromatic rings. The molecule has 0 saturated heterocycles. The normalized spacial score (nSPS) is 11.9. The monoisotopic (exact) mass is 300 g/mol. The summed E-state index contributed by atoms with van der Waals surface area (Å²) in [5, 5.41) is 0. The van der Waals surface area contributed by atoms with Crippen molar-refractivity contribution in [2.24, 2.45) is 10.7 Å². The highest BCUT2D eigenvalue weighted by Crippen LogP contribution is 2.31. The Morgan fingerprint density at radius 1 is 1.40 bits per heavy atom. The van der Waals surface area contributed by atoms with Crippen LogP contribution in [0.3, 0.4) is 0 Å². The van der Waals surface area contributed by atoms with E-state index in [4.69, 9.17) is 17.3 Å². The van der Waals surface area contributed by atoms with E-state index in [1.54, 1.807) is 0 Å². The summed E-state index contributed by atoms with van der Waals surface area (Å²) in [7, 11) is 0. The van der Waals surface area contributed by atoms with Crippen molar-refractivity contribution in [1.82, 2.24) is 0 Å². The van der Waals surface area contributed by atoms with Gasteiger partial charge < -0.3 is 5.73 Å². The van der Waals surface area contributed by atoms with Crippen molar-refractivity contribution < 1.29 is 13.2 Å². The van der Waals surface area contributed by atoms with Gasteiger partial charge in [0.1, 0.15) is 5.84 Å². The number of hydrogen-bond donors (Lipinski definition) is 1. The predicted molar refractivity (Wildman–Crippen MR) is 56.0 cm³/mol. The van der Waals surface area contributed by atoms with E-state index in [1.165, 1.54) is 0 Å². The molecular weight excluding hydrogens is 296 g/mol. The van der Waals surface area contributed by atoms with Gasteiger partial charge in [-0.15, -0.1) is 11.6 Å². The Kier molecular flexibility index (Phi) is 3.98. The predicted octanol–water partition coefficient (Wildman–Crippen LogP) is 3.09. The first-order valence-electron chi connectivity index (χ1n) is 3.69. The van der Waals surface area contributed by atoms with Gasteiger partial charge in [-0.1, -0.05) is 0 Å². The molecule has 2 nitrogen and oxygen atoms in total. The minimum atomic E-state index is -1.56. The Labute approximate surface area is 97.1 Å². The van der Waals surface area contributed by atoms with Gasteiger partial charge in [-0.25, -0.2) is 18.2 Å². The molecule has 2 N–H and O–H groups in total. The number of amidine groups is 1. The molecule has 0 atom stereocenters. The molecule has 82 valence electrons. The van der Waals surface area contributed by atoms with Gasteiger partial charge >= 0.3 is 0 Å². The highest BCUT2D eigenvalue weighted by molar-refractivity contribution is 9.10. The third kappa shape index (κ3) is 2.63. The molecule has 0 aliphatic carbocycles. The summed E-state index contributed by atoms with van der Waals surface area (Å²) in [5.41, 5.74) is 5.12. The van der Waals surface area contributed by atoms with Crippen molar-refractivity contribution in [3.63, 3.8) is 0 Å². The molecule has 1 aromatic carbocycles. The Hall–Kier alpha value is -0.750. The minimum Gasteiger partial charge on any atom is -0.386 e. The second-order valence-corrected chi connectivity index (χ2v) is 3.62. The van der Waals surface area contributed by atoms with Crippen LogP contribution in [-0.4, -0.2) is 11.7 Å². The first-order chi connectivity index (χ1) is 6.97. The van der Waals surface area contributed by atoms with E-state index < -0.39 is 17.5 Å². The summed E-state index contributed by atoms with van der Waals surface area (Å²) >= 11 is 8.07. The lowest BCUT2D eigenvalue weighted by molar-refractivity contribution is 0.444. The van der Waals surface area contributed by atoms with Crippen molar-refractivity contribution in [2.75, 3.05) is 5.88 Å². The van der Waals surface area contributed by atoms with Crippen LogP contribution in [0.2, 0.25) is 0 Å². The number of aliphatic imine (C=N–C) groups is 1. The number of halogens is 5. The first kappa shape index (κ1) is 12.3. The van der Waals surface area contributed by atoms with Crippen LogP contribution in [-0.2, 0) is 0 Å². The lowest BCUT2D eigenvalue weighted by atomic mass is 10.3. The molecule has 0 aliphatic heterocycles. The average molecular weight is 301 g/mol. The number of hydrogen-bond acceptors (Lipinski definition) is 1. The topological polar surface area (TPSA) is 38.4 Å². The number of benzene rings is 1. The third-order valence-electron chi connectivity index (χ3n) is 1.48. The Bertz CT molecular complexity index is 423. The molecule has 15 heavy (non-hydrogen) atoms. The molecule has 0 saturated carbocycles. The zero-order chi connectivity index (χ0) is 11.6. The van der Waals surface area contributed by atoms with Crippen LogP contribution in [0.25, 0.3) is 0 Å². The van der Waals surface area contributed by atoms with E-state index >= 15 is 0 Å². The van der Waals surface area contributed by atoms with Gasteiger partial charge in [0, 0.05) is 6.07 Å². The molecule has 0 aliphatic rings. The van der Waals surface area contributed by atoms with Crippen LogP contribution in [0.15, 0.2) is 15.5 Å². The largest absolute Gasteiger partial charge is 0.386 e. The van der Waals surface area contributed by atoms with Gasteiger partial charge in [-0.2, -0.15) is 0 Å². The SMILES string of the molecule is NC(CCl)=Nc1cc(F)c(F)c(F)c1Br. The van der Waals surface area contributed by atoms with Crippen LogP contribution in [0.4, 0.5) is 18.9 Å². The van der Waals surface area contributed by atoms with Crippen LogP contribution < -0.4 is 5.73 Å². The summed E-state index contributed by atoms with van der Waals surface area (Å²) < 4.78 is 38.2. The van der Waals surface area contributed by atoms with E-state index in [-0.39, 0.29) is 21.9 Å². The van der Waals surface area contributed by atoms with E-state index in [1.807, 2.05) is 0 Å². The van der Waals surface area contributed by atoms with Crippen molar-refractivity contribution in [3.05, 3.63) is 28.0 Å². The lowest BCUT2D eigenvalue weighted by Gasteiger charge is -2.03. The third-order valence-corrected chi connectivity index (χ3v) is 2.51. The fourth-order valence-electron chi connectivity index (χ4n) is 0.826. The molecule has 0 unspecified atom stereocenters. The first-order valence-corrected chi connectivity index (χ1v) is 5.02. The average Bonchev–Trinajstić information content (AvgIpc) is 2.22. The molecule has 0 bridgehead atoms. The number of nitrogens with two attached hydrogens (primary N) is 1. The summed E-state index contributed by atoms with van der Waals surface area (Å²) in [6, 6.07) is 0.724. The van der Waals surface area contributed by atoms with Crippen LogP contribution in [0.5, 0.6) is 0 Å². The molecule has 0 heterocycles.